The average molecular weight is 357 g/mol. The van der Waals surface area contributed by atoms with E-state index in [1.54, 1.807) is 23.1 Å². The van der Waals surface area contributed by atoms with Gasteiger partial charge in [-0.2, -0.15) is 5.26 Å². The first-order valence-corrected chi connectivity index (χ1v) is 10.1. The molecule has 0 saturated heterocycles. The summed E-state index contributed by atoms with van der Waals surface area (Å²) in [7, 11) is 0. The van der Waals surface area contributed by atoms with Crippen LogP contribution in [0.25, 0.3) is 0 Å². The van der Waals surface area contributed by atoms with Crippen molar-refractivity contribution < 1.29 is 4.79 Å². The number of amides is 1. The number of anilines is 1. The van der Waals surface area contributed by atoms with Gasteiger partial charge in [-0.15, -0.1) is 23.1 Å². The Kier molecular flexibility index (Phi) is 5.60. The lowest BCUT2D eigenvalue weighted by Crippen LogP contribution is -2.13. The number of carbonyl (C=O) groups is 1. The second kappa shape index (κ2) is 7.87. The van der Waals surface area contributed by atoms with Gasteiger partial charge in [0.05, 0.1) is 11.1 Å². The van der Waals surface area contributed by atoms with E-state index in [0.717, 1.165) is 35.5 Å². The molecule has 1 aliphatic carbocycles. The van der Waals surface area contributed by atoms with Crippen LogP contribution in [0.1, 0.15) is 52.5 Å². The summed E-state index contributed by atoms with van der Waals surface area (Å²) in [5.74, 6) is 0.792. The molecule has 0 bridgehead atoms. The van der Waals surface area contributed by atoms with Gasteiger partial charge in [-0.3, -0.25) is 4.79 Å². The van der Waals surface area contributed by atoms with Crippen LogP contribution in [-0.4, -0.2) is 11.7 Å². The summed E-state index contributed by atoms with van der Waals surface area (Å²) in [6.07, 6.45) is 5.48. The molecule has 0 radical (unpaired) electrons. The van der Waals surface area contributed by atoms with Crippen LogP contribution in [0.4, 0.5) is 5.00 Å². The van der Waals surface area contributed by atoms with Gasteiger partial charge in [0.25, 0.3) is 5.91 Å². The summed E-state index contributed by atoms with van der Waals surface area (Å²) >= 11 is 3.24. The summed E-state index contributed by atoms with van der Waals surface area (Å²) in [6.45, 7) is 2.07. The Morgan fingerprint density at radius 1 is 1.29 bits per heavy atom. The molecule has 1 heterocycles. The minimum atomic E-state index is -0.126. The minimum absolute atomic E-state index is 0.126. The van der Waals surface area contributed by atoms with Gasteiger partial charge in [0, 0.05) is 9.77 Å². The van der Waals surface area contributed by atoms with E-state index in [1.165, 1.54) is 17.7 Å². The number of thiophene rings is 1. The summed E-state index contributed by atoms with van der Waals surface area (Å²) in [6, 6.07) is 9.96. The molecule has 1 aromatic heterocycles. The maximum absolute atomic E-state index is 12.7. The minimum Gasteiger partial charge on any atom is -0.312 e. The van der Waals surface area contributed by atoms with E-state index in [-0.39, 0.29) is 5.91 Å². The van der Waals surface area contributed by atoms with Crippen LogP contribution in [0, 0.1) is 11.3 Å². The monoisotopic (exact) mass is 356 g/mol. The number of hydrogen-bond donors (Lipinski definition) is 1. The van der Waals surface area contributed by atoms with Crippen LogP contribution < -0.4 is 5.32 Å². The number of nitrogens with zero attached hydrogens (tertiary/aromatic N) is 1. The smallest absolute Gasteiger partial charge is 0.257 e. The van der Waals surface area contributed by atoms with E-state index in [4.69, 9.17) is 0 Å². The Hall–Kier alpha value is -1.77. The molecule has 0 saturated carbocycles. The topological polar surface area (TPSA) is 52.9 Å². The Morgan fingerprint density at radius 2 is 2.08 bits per heavy atom. The Labute approximate surface area is 151 Å². The lowest BCUT2D eigenvalue weighted by Gasteiger charge is -2.08. The van der Waals surface area contributed by atoms with Crippen molar-refractivity contribution in [1.29, 1.82) is 5.26 Å². The third-order valence-corrected chi connectivity index (χ3v) is 6.35. The zero-order chi connectivity index (χ0) is 16.9. The molecular formula is C19H20N2OS2. The predicted molar refractivity (Wildman–Crippen MR) is 101 cm³/mol. The Morgan fingerprint density at radius 3 is 2.88 bits per heavy atom. The van der Waals surface area contributed by atoms with Gasteiger partial charge in [0.1, 0.15) is 11.1 Å². The fourth-order valence-corrected chi connectivity index (χ4v) is 5.09. The summed E-state index contributed by atoms with van der Waals surface area (Å²) < 4.78 is 0. The van der Waals surface area contributed by atoms with E-state index >= 15 is 0 Å². The van der Waals surface area contributed by atoms with E-state index in [1.807, 2.05) is 24.3 Å². The standard InChI is InChI=1S/C19H20N2OS2/c1-2-23-16-10-7-6-9-14(16)18(22)21-19-15(12-20)13-8-4-3-5-11-17(13)24-19/h6-7,9-10H,2-5,8,11H2,1H3,(H,21,22). The maximum atomic E-state index is 12.7. The first kappa shape index (κ1) is 17.1. The number of fused-ring (bicyclic) bond motifs is 1. The normalized spacial score (nSPS) is 13.7. The molecule has 0 aliphatic heterocycles. The van der Waals surface area contributed by atoms with Crippen molar-refractivity contribution in [2.24, 2.45) is 0 Å². The molecule has 5 heteroatoms. The number of aryl methyl sites for hydroxylation is 1. The van der Waals surface area contributed by atoms with Gasteiger partial charge in [-0.1, -0.05) is 25.5 Å². The van der Waals surface area contributed by atoms with E-state index in [9.17, 15) is 10.1 Å². The van der Waals surface area contributed by atoms with Crippen LogP contribution in [0.3, 0.4) is 0 Å². The highest BCUT2D eigenvalue weighted by atomic mass is 32.2. The highest BCUT2D eigenvalue weighted by Crippen LogP contribution is 2.37. The summed E-state index contributed by atoms with van der Waals surface area (Å²) in [4.78, 5) is 15.0. The second-order valence-corrected chi connectivity index (χ2v) is 8.17. The van der Waals surface area contributed by atoms with Crippen molar-refractivity contribution in [2.75, 3.05) is 11.1 Å². The Balaban J connectivity index is 1.89. The van der Waals surface area contributed by atoms with Crippen molar-refractivity contribution in [3.05, 3.63) is 45.8 Å². The molecule has 1 N–H and O–H groups in total. The second-order valence-electron chi connectivity index (χ2n) is 5.76. The molecule has 0 spiro atoms. The number of rotatable bonds is 4. The quantitative estimate of drug-likeness (QED) is 0.601. The molecule has 1 amide bonds. The molecule has 0 unspecified atom stereocenters. The largest absolute Gasteiger partial charge is 0.312 e. The van der Waals surface area contributed by atoms with E-state index in [2.05, 4.69) is 18.3 Å². The number of nitrogens with one attached hydrogen (secondary N) is 1. The predicted octanol–water partition coefficient (Wildman–Crippen LogP) is 5.25. The molecule has 2 aromatic rings. The van der Waals surface area contributed by atoms with Gasteiger partial charge in [-0.25, -0.2) is 0 Å². The zero-order valence-electron chi connectivity index (χ0n) is 13.7. The fourth-order valence-electron chi connectivity index (χ4n) is 3.06. The fraction of sp³-hybridized carbons (Fsp3) is 0.368. The van der Waals surface area contributed by atoms with Crippen LogP contribution in [0.2, 0.25) is 0 Å². The van der Waals surface area contributed by atoms with E-state index in [0.29, 0.717) is 16.1 Å². The molecule has 3 rings (SSSR count). The van der Waals surface area contributed by atoms with Crippen LogP contribution >= 0.6 is 23.1 Å². The van der Waals surface area contributed by atoms with Crippen LogP contribution in [0.5, 0.6) is 0 Å². The third kappa shape index (κ3) is 3.50. The van der Waals surface area contributed by atoms with Crippen molar-refractivity contribution in [2.45, 2.75) is 43.9 Å². The zero-order valence-corrected chi connectivity index (χ0v) is 15.4. The first-order valence-electron chi connectivity index (χ1n) is 8.32. The number of thioether (sulfide) groups is 1. The molecule has 0 fully saturated rings. The molecule has 3 nitrogen and oxygen atoms in total. The van der Waals surface area contributed by atoms with Crippen molar-refractivity contribution in [3.8, 4) is 6.07 Å². The lowest BCUT2D eigenvalue weighted by molar-refractivity contribution is 0.102. The number of carbonyl (C=O) groups excluding carboxylic acids is 1. The molecule has 24 heavy (non-hydrogen) atoms. The number of nitriles is 1. The maximum Gasteiger partial charge on any atom is 0.257 e. The Bertz CT molecular complexity index is 789. The summed E-state index contributed by atoms with van der Waals surface area (Å²) in [5, 5.41) is 13.3. The SMILES string of the molecule is CCSc1ccccc1C(=O)Nc1sc2c(c1C#N)CCCCC2. The number of benzene rings is 1. The molecule has 0 atom stereocenters. The van der Waals surface area contributed by atoms with Gasteiger partial charge in [0.2, 0.25) is 0 Å². The number of hydrogen-bond acceptors (Lipinski definition) is 4. The molecule has 124 valence electrons. The summed E-state index contributed by atoms with van der Waals surface area (Å²) in [5.41, 5.74) is 2.51. The average Bonchev–Trinajstić information content (AvgIpc) is 2.75. The molecule has 1 aromatic carbocycles. The van der Waals surface area contributed by atoms with Gasteiger partial charge >= 0.3 is 0 Å². The van der Waals surface area contributed by atoms with Crippen LogP contribution in [-0.2, 0) is 12.8 Å². The van der Waals surface area contributed by atoms with Gasteiger partial charge in [-0.05, 0) is 49.1 Å². The van der Waals surface area contributed by atoms with Crippen molar-refractivity contribution in [3.63, 3.8) is 0 Å². The van der Waals surface area contributed by atoms with Crippen molar-refractivity contribution >= 4 is 34.0 Å². The first-order chi connectivity index (χ1) is 11.7. The molecule has 1 aliphatic rings. The third-order valence-electron chi connectivity index (χ3n) is 4.19. The lowest BCUT2D eigenvalue weighted by atomic mass is 10.1. The van der Waals surface area contributed by atoms with Gasteiger partial charge < -0.3 is 5.32 Å². The highest BCUT2D eigenvalue weighted by molar-refractivity contribution is 7.99. The molecular weight excluding hydrogens is 336 g/mol. The van der Waals surface area contributed by atoms with Crippen LogP contribution in [0.15, 0.2) is 29.2 Å². The van der Waals surface area contributed by atoms with E-state index < -0.39 is 0 Å². The van der Waals surface area contributed by atoms with Gasteiger partial charge in [0.15, 0.2) is 0 Å². The van der Waals surface area contributed by atoms with Crippen molar-refractivity contribution in [1.82, 2.24) is 0 Å². The highest BCUT2D eigenvalue weighted by Gasteiger charge is 2.22.